The Kier molecular flexibility index (Phi) is 8.29. The van der Waals surface area contributed by atoms with E-state index in [9.17, 15) is 4.79 Å². The molecular formula is C29H40N2O5. The Bertz CT molecular complexity index is 1070. The second kappa shape index (κ2) is 11.4. The van der Waals surface area contributed by atoms with Gasteiger partial charge in [-0.1, -0.05) is 12.5 Å². The van der Waals surface area contributed by atoms with E-state index in [0.717, 1.165) is 61.8 Å². The molecule has 2 aliphatic rings. The summed E-state index contributed by atoms with van der Waals surface area (Å²) in [5.74, 6) is 3.14. The molecule has 0 aromatic heterocycles. The normalized spacial score (nSPS) is 16.7. The Morgan fingerprint density at radius 1 is 0.889 bits per heavy atom. The van der Waals surface area contributed by atoms with Gasteiger partial charge in [0.1, 0.15) is 0 Å². The summed E-state index contributed by atoms with van der Waals surface area (Å²) in [6.07, 6.45) is 5.81. The summed E-state index contributed by atoms with van der Waals surface area (Å²) in [4.78, 5) is 17.4. The molecule has 4 rings (SSSR count). The number of ether oxygens (including phenoxy) is 4. The van der Waals surface area contributed by atoms with Crippen LogP contribution in [-0.4, -0.2) is 77.4 Å². The predicted octanol–water partition coefficient (Wildman–Crippen LogP) is 4.09. The van der Waals surface area contributed by atoms with Crippen LogP contribution in [0.2, 0.25) is 0 Å². The molecule has 1 fully saturated rings. The van der Waals surface area contributed by atoms with Gasteiger partial charge in [-0.3, -0.25) is 4.79 Å². The fourth-order valence-corrected chi connectivity index (χ4v) is 5.69. The molecule has 7 nitrogen and oxygen atoms in total. The first-order chi connectivity index (χ1) is 17.4. The fourth-order valence-electron chi connectivity index (χ4n) is 5.69. The Labute approximate surface area is 215 Å². The topological polar surface area (TPSA) is 60.5 Å². The van der Waals surface area contributed by atoms with Crippen molar-refractivity contribution >= 4 is 5.91 Å². The molecule has 1 saturated carbocycles. The third-order valence-electron chi connectivity index (χ3n) is 7.90. The number of carbonyl (C=O) groups excluding carboxylic acids is 1. The van der Waals surface area contributed by atoms with Crippen LogP contribution >= 0.6 is 0 Å². The minimum atomic E-state index is 0.159. The second-order valence-electron chi connectivity index (χ2n) is 10.1. The lowest BCUT2D eigenvalue weighted by atomic mass is 9.64. The van der Waals surface area contributed by atoms with Gasteiger partial charge in [0.15, 0.2) is 23.0 Å². The predicted molar refractivity (Wildman–Crippen MR) is 141 cm³/mol. The Balaban J connectivity index is 1.33. The average molecular weight is 497 g/mol. The van der Waals surface area contributed by atoms with Crippen molar-refractivity contribution in [3.63, 3.8) is 0 Å². The van der Waals surface area contributed by atoms with Crippen LogP contribution in [0.5, 0.6) is 23.0 Å². The van der Waals surface area contributed by atoms with Crippen molar-refractivity contribution in [2.45, 2.75) is 43.9 Å². The Hall–Kier alpha value is -2.93. The summed E-state index contributed by atoms with van der Waals surface area (Å²) in [6, 6.07) is 10.3. The number of likely N-dealkylation sites (N-methyl/N-ethyl adjacent to an activating group) is 1. The Morgan fingerprint density at radius 2 is 1.53 bits per heavy atom. The van der Waals surface area contributed by atoms with E-state index in [1.165, 1.54) is 30.4 Å². The van der Waals surface area contributed by atoms with Gasteiger partial charge in [0.25, 0.3) is 0 Å². The molecule has 1 aliphatic carbocycles. The van der Waals surface area contributed by atoms with Crippen LogP contribution in [0, 0.1) is 0 Å². The van der Waals surface area contributed by atoms with Gasteiger partial charge in [0.2, 0.25) is 5.91 Å². The number of hydrogen-bond donors (Lipinski definition) is 0. The van der Waals surface area contributed by atoms with E-state index >= 15 is 0 Å². The van der Waals surface area contributed by atoms with Crippen molar-refractivity contribution in [1.29, 1.82) is 0 Å². The highest BCUT2D eigenvalue weighted by Crippen LogP contribution is 2.46. The fraction of sp³-hybridized carbons (Fsp3) is 0.552. The first-order valence-corrected chi connectivity index (χ1v) is 12.9. The molecule has 36 heavy (non-hydrogen) atoms. The molecule has 2 aromatic rings. The highest BCUT2D eigenvalue weighted by molar-refractivity contribution is 5.80. The van der Waals surface area contributed by atoms with Gasteiger partial charge in [-0.05, 0) is 80.2 Å². The monoisotopic (exact) mass is 496 g/mol. The van der Waals surface area contributed by atoms with Crippen molar-refractivity contribution in [2.24, 2.45) is 0 Å². The largest absolute Gasteiger partial charge is 0.493 e. The first-order valence-electron chi connectivity index (χ1n) is 12.9. The third kappa shape index (κ3) is 5.41. The number of benzene rings is 2. The molecule has 0 N–H and O–H groups in total. The van der Waals surface area contributed by atoms with Gasteiger partial charge in [0, 0.05) is 25.0 Å². The zero-order valence-electron chi connectivity index (χ0n) is 22.4. The molecule has 1 heterocycles. The van der Waals surface area contributed by atoms with Crippen LogP contribution in [0.3, 0.4) is 0 Å². The maximum absolute atomic E-state index is 13.0. The Morgan fingerprint density at radius 3 is 2.14 bits per heavy atom. The number of amides is 1. The van der Waals surface area contributed by atoms with E-state index in [1.54, 1.807) is 28.4 Å². The molecule has 7 heteroatoms. The number of hydrogen-bond acceptors (Lipinski definition) is 6. The van der Waals surface area contributed by atoms with Gasteiger partial charge in [-0.25, -0.2) is 0 Å². The molecule has 0 atom stereocenters. The zero-order chi connectivity index (χ0) is 25.7. The number of nitrogens with zero attached hydrogens (tertiary/aromatic N) is 2. The molecule has 196 valence electrons. The van der Waals surface area contributed by atoms with E-state index in [2.05, 4.69) is 24.1 Å². The molecule has 0 saturated heterocycles. The lowest BCUT2D eigenvalue weighted by molar-refractivity contribution is -0.130. The maximum atomic E-state index is 13.0. The van der Waals surface area contributed by atoms with Crippen LogP contribution in [0.15, 0.2) is 30.3 Å². The van der Waals surface area contributed by atoms with Gasteiger partial charge in [-0.15, -0.1) is 0 Å². The van der Waals surface area contributed by atoms with Crippen LogP contribution < -0.4 is 18.9 Å². The maximum Gasteiger partial charge on any atom is 0.227 e. The summed E-state index contributed by atoms with van der Waals surface area (Å²) in [5.41, 5.74) is 3.69. The zero-order valence-corrected chi connectivity index (χ0v) is 22.4. The van der Waals surface area contributed by atoms with Crippen molar-refractivity contribution < 1.29 is 23.7 Å². The summed E-state index contributed by atoms with van der Waals surface area (Å²) in [7, 11) is 8.83. The quantitative estimate of drug-likeness (QED) is 0.467. The minimum absolute atomic E-state index is 0.159. The molecule has 0 radical (unpaired) electrons. The van der Waals surface area contributed by atoms with Crippen molar-refractivity contribution in [3.05, 3.63) is 47.0 Å². The second-order valence-corrected chi connectivity index (χ2v) is 10.1. The lowest BCUT2D eigenvalue weighted by Crippen LogP contribution is -2.45. The third-order valence-corrected chi connectivity index (χ3v) is 7.90. The van der Waals surface area contributed by atoms with Gasteiger partial charge >= 0.3 is 0 Å². The van der Waals surface area contributed by atoms with E-state index in [4.69, 9.17) is 18.9 Å². The standard InChI is InChI=1S/C29H40N2O5/c1-30(20-29(11-6-12-29)23-8-9-24(33-2)27(19-23)36-5)13-7-14-31-15-10-21-16-25(34-3)26(35-4)17-22(21)18-28(31)32/h8-9,16-17,19H,6-7,10-15,18,20H2,1-5H3. The highest BCUT2D eigenvalue weighted by Gasteiger charge is 2.40. The first kappa shape index (κ1) is 26.1. The van der Waals surface area contributed by atoms with Gasteiger partial charge in [-0.2, -0.15) is 0 Å². The van der Waals surface area contributed by atoms with Crippen molar-refractivity contribution in [2.75, 3.05) is 61.7 Å². The number of methoxy groups -OCH3 is 4. The number of rotatable bonds is 11. The molecular weight excluding hydrogens is 456 g/mol. The molecule has 1 amide bonds. The molecule has 0 bridgehead atoms. The minimum Gasteiger partial charge on any atom is -0.493 e. The van der Waals surface area contributed by atoms with E-state index in [0.29, 0.717) is 12.2 Å². The van der Waals surface area contributed by atoms with Crippen LogP contribution in [0.4, 0.5) is 0 Å². The summed E-state index contributed by atoms with van der Waals surface area (Å²) < 4.78 is 21.9. The molecule has 2 aromatic carbocycles. The van der Waals surface area contributed by atoms with E-state index in [1.807, 2.05) is 23.1 Å². The lowest BCUT2D eigenvalue weighted by Gasteiger charge is -2.45. The van der Waals surface area contributed by atoms with Crippen LogP contribution in [0.25, 0.3) is 0 Å². The SMILES string of the molecule is COc1ccc(C2(CN(C)CCCN3CCc4cc(OC)c(OC)cc4CC3=O)CCC2)cc1OC. The smallest absolute Gasteiger partial charge is 0.227 e. The van der Waals surface area contributed by atoms with Gasteiger partial charge < -0.3 is 28.7 Å². The molecule has 1 aliphatic heterocycles. The van der Waals surface area contributed by atoms with Crippen molar-refractivity contribution in [3.8, 4) is 23.0 Å². The van der Waals surface area contributed by atoms with E-state index in [-0.39, 0.29) is 11.3 Å². The van der Waals surface area contributed by atoms with Crippen LogP contribution in [-0.2, 0) is 23.1 Å². The number of carbonyl (C=O) groups is 1. The highest BCUT2D eigenvalue weighted by atomic mass is 16.5. The number of fused-ring (bicyclic) bond motifs is 1. The molecule has 0 spiro atoms. The average Bonchev–Trinajstić information content (AvgIpc) is 3.02. The van der Waals surface area contributed by atoms with E-state index < -0.39 is 0 Å². The molecule has 0 unspecified atom stereocenters. The summed E-state index contributed by atoms with van der Waals surface area (Å²) in [6.45, 7) is 3.46. The summed E-state index contributed by atoms with van der Waals surface area (Å²) >= 11 is 0. The summed E-state index contributed by atoms with van der Waals surface area (Å²) in [5, 5.41) is 0. The van der Waals surface area contributed by atoms with Crippen LogP contribution in [0.1, 0.15) is 42.4 Å². The van der Waals surface area contributed by atoms with Crippen molar-refractivity contribution in [1.82, 2.24) is 9.80 Å². The van der Waals surface area contributed by atoms with Gasteiger partial charge in [0.05, 0.1) is 34.9 Å².